The van der Waals surface area contributed by atoms with Crippen LogP contribution in [0.2, 0.25) is 0 Å². The van der Waals surface area contributed by atoms with Crippen molar-refractivity contribution in [2.24, 2.45) is 11.8 Å². The summed E-state index contributed by atoms with van der Waals surface area (Å²) in [7, 11) is 1.45. The molecule has 0 spiro atoms. The maximum Gasteiger partial charge on any atom is 0.257 e. The number of pyridine rings is 2. The van der Waals surface area contributed by atoms with E-state index < -0.39 is 11.8 Å². The number of halogens is 2. The molecule has 0 N–H and O–H groups in total. The van der Waals surface area contributed by atoms with Crippen LogP contribution < -0.4 is 14.2 Å². The molecule has 9 heteroatoms. The third-order valence-corrected chi connectivity index (χ3v) is 4.48. The molecule has 1 fully saturated rings. The Kier molecular flexibility index (Phi) is 4.97. The fraction of sp³-hybridized carbons (Fsp3) is 0.450. The smallest absolute Gasteiger partial charge is 0.257 e. The van der Waals surface area contributed by atoms with Crippen LogP contribution in [0.5, 0.6) is 17.5 Å². The van der Waals surface area contributed by atoms with Crippen molar-refractivity contribution >= 4 is 11.1 Å². The Balaban J connectivity index is 1.53. The Morgan fingerprint density at radius 1 is 1.21 bits per heavy atom. The summed E-state index contributed by atoms with van der Waals surface area (Å²) in [6.45, 7) is 4.54. The molecule has 154 valence electrons. The number of fused-ring (bicyclic) bond motifs is 1. The van der Waals surface area contributed by atoms with Gasteiger partial charge in [-0.15, -0.1) is 0 Å². The van der Waals surface area contributed by atoms with Crippen LogP contribution in [-0.2, 0) is 0 Å². The highest BCUT2D eigenvalue weighted by Gasteiger charge is 2.57. The fourth-order valence-corrected chi connectivity index (χ4v) is 2.70. The minimum absolute atomic E-state index is 0.108. The van der Waals surface area contributed by atoms with Gasteiger partial charge in [0.05, 0.1) is 38.0 Å². The van der Waals surface area contributed by atoms with E-state index >= 15 is 0 Å². The van der Waals surface area contributed by atoms with Crippen molar-refractivity contribution in [1.82, 2.24) is 15.0 Å². The van der Waals surface area contributed by atoms with Gasteiger partial charge in [0.25, 0.3) is 11.8 Å². The molecule has 1 aliphatic rings. The van der Waals surface area contributed by atoms with Crippen LogP contribution in [0.1, 0.15) is 20.3 Å². The molecule has 29 heavy (non-hydrogen) atoms. The van der Waals surface area contributed by atoms with E-state index in [2.05, 4.69) is 28.8 Å². The van der Waals surface area contributed by atoms with Crippen LogP contribution in [0.4, 0.5) is 8.78 Å². The van der Waals surface area contributed by atoms with Crippen molar-refractivity contribution < 1.29 is 27.4 Å². The van der Waals surface area contributed by atoms with Gasteiger partial charge in [-0.3, -0.25) is 0 Å². The molecular weight excluding hydrogens is 384 g/mol. The molecule has 3 heterocycles. The first kappa shape index (κ1) is 19.4. The third-order valence-electron chi connectivity index (χ3n) is 4.48. The van der Waals surface area contributed by atoms with Gasteiger partial charge >= 0.3 is 0 Å². The van der Waals surface area contributed by atoms with Crippen LogP contribution in [0, 0.1) is 11.8 Å². The molecule has 0 aliphatic heterocycles. The molecule has 4 rings (SSSR count). The summed E-state index contributed by atoms with van der Waals surface area (Å²) in [5, 5.41) is 0. The number of ether oxygens (including phenoxy) is 3. The molecule has 1 saturated carbocycles. The highest BCUT2D eigenvalue weighted by atomic mass is 19.3. The maximum atomic E-state index is 13.0. The van der Waals surface area contributed by atoms with Crippen LogP contribution in [0.15, 0.2) is 28.9 Å². The summed E-state index contributed by atoms with van der Waals surface area (Å²) in [5.41, 5.74) is 1.67. The van der Waals surface area contributed by atoms with E-state index in [1.165, 1.54) is 13.3 Å². The van der Waals surface area contributed by atoms with Crippen molar-refractivity contribution in [2.75, 3.05) is 20.3 Å². The first-order chi connectivity index (χ1) is 13.9. The van der Waals surface area contributed by atoms with Gasteiger partial charge in [-0.25, -0.2) is 23.7 Å². The molecule has 0 saturated heterocycles. The number of methoxy groups -OCH3 is 1. The van der Waals surface area contributed by atoms with E-state index in [1.54, 1.807) is 18.3 Å². The van der Waals surface area contributed by atoms with E-state index in [4.69, 9.17) is 18.6 Å². The maximum absolute atomic E-state index is 13.0. The number of rotatable bonds is 8. The second kappa shape index (κ2) is 7.46. The van der Waals surface area contributed by atoms with E-state index in [0.717, 1.165) is 0 Å². The zero-order chi connectivity index (χ0) is 20.6. The van der Waals surface area contributed by atoms with E-state index in [9.17, 15) is 8.78 Å². The summed E-state index contributed by atoms with van der Waals surface area (Å²) in [6.07, 6.45) is 2.92. The van der Waals surface area contributed by atoms with Gasteiger partial charge in [-0.1, -0.05) is 13.8 Å². The zero-order valence-electron chi connectivity index (χ0n) is 16.3. The molecule has 1 aliphatic carbocycles. The number of hydrogen-bond acceptors (Lipinski definition) is 7. The number of aromatic nitrogens is 3. The standard InChI is InChI=1S/C20H21F2N3O4/c1-11(2)9-27-17-5-15-14(8-23-17)25-18(29-15)12-4-16(26-3)19(24-7-12)28-10-13-6-20(13,21)22/h4-5,7-8,11,13H,6,9-10H2,1-3H3. The first-order valence-electron chi connectivity index (χ1n) is 9.30. The third kappa shape index (κ3) is 4.23. The Morgan fingerprint density at radius 3 is 2.69 bits per heavy atom. The molecule has 0 bridgehead atoms. The van der Waals surface area contributed by atoms with Crippen molar-refractivity contribution in [3.05, 3.63) is 24.5 Å². The molecule has 0 amide bonds. The van der Waals surface area contributed by atoms with E-state index in [0.29, 0.717) is 46.7 Å². The van der Waals surface area contributed by atoms with Crippen molar-refractivity contribution in [1.29, 1.82) is 0 Å². The normalized spacial score (nSPS) is 17.5. The van der Waals surface area contributed by atoms with Crippen molar-refractivity contribution in [3.63, 3.8) is 0 Å². The van der Waals surface area contributed by atoms with Gasteiger partial charge in [0.1, 0.15) is 5.52 Å². The Morgan fingerprint density at radius 2 is 2.00 bits per heavy atom. The van der Waals surface area contributed by atoms with Gasteiger partial charge in [0.15, 0.2) is 11.3 Å². The van der Waals surface area contributed by atoms with Crippen LogP contribution >= 0.6 is 0 Å². The van der Waals surface area contributed by atoms with Crippen LogP contribution in [0.25, 0.3) is 22.6 Å². The van der Waals surface area contributed by atoms with Gasteiger partial charge < -0.3 is 18.6 Å². The second-order valence-electron chi connectivity index (χ2n) is 7.42. The number of oxazole rings is 1. The zero-order valence-corrected chi connectivity index (χ0v) is 16.3. The van der Waals surface area contributed by atoms with Crippen LogP contribution in [-0.4, -0.2) is 41.2 Å². The number of hydrogen-bond donors (Lipinski definition) is 0. The summed E-state index contributed by atoms with van der Waals surface area (Å²) >= 11 is 0. The largest absolute Gasteiger partial charge is 0.491 e. The molecule has 0 radical (unpaired) electrons. The monoisotopic (exact) mass is 405 g/mol. The number of nitrogens with zero attached hydrogens (tertiary/aromatic N) is 3. The lowest BCUT2D eigenvalue weighted by Gasteiger charge is -2.09. The summed E-state index contributed by atoms with van der Waals surface area (Å²) in [4.78, 5) is 12.8. The second-order valence-corrected chi connectivity index (χ2v) is 7.42. The lowest BCUT2D eigenvalue weighted by atomic mass is 10.2. The highest BCUT2D eigenvalue weighted by Crippen LogP contribution is 2.48. The SMILES string of the molecule is COc1cc(-c2nc3cnc(OCC(C)C)cc3o2)cnc1OCC1CC1(F)F. The van der Waals surface area contributed by atoms with Crippen molar-refractivity contribution in [3.8, 4) is 29.0 Å². The summed E-state index contributed by atoms with van der Waals surface area (Å²) in [5.74, 6) is -1.78. The lowest BCUT2D eigenvalue weighted by Crippen LogP contribution is -2.07. The lowest BCUT2D eigenvalue weighted by molar-refractivity contribution is 0.0844. The molecule has 7 nitrogen and oxygen atoms in total. The van der Waals surface area contributed by atoms with Gasteiger partial charge in [0, 0.05) is 18.7 Å². The Labute approximate surface area is 166 Å². The van der Waals surface area contributed by atoms with Gasteiger partial charge in [-0.2, -0.15) is 0 Å². The van der Waals surface area contributed by atoms with E-state index in [1.807, 2.05) is 0 Å². The van der Waals surface area contributed by atoms with Gasteiger partial charge in [-0.05, 0) is 12.0 Å². The molecule has 3 aromatic heterocycles. The summed E-state index contributed by atoms with van der Waals surface area (Å²) < 4.78 is 48.1. The predicted octanol–water partition coefficient (Wildman–Crippen LogP) is 4.36. The molecule has 1 atom stereocenters. The first-order valence-corrected chi connectivity index (χ1v) is 9.30. The average molecular weight is 405 g/mol. The number of alkyl halides is 2. The molecule has 1 unspecified atom stereocenters. The topological polar surface area (TPSA) is 79.5 Å². The Bertz CT molecular complexity index is 1020. The molecule has 0 aromatic carbocycles. The van der Waals surface area contributed by atoms with E-state index in [-0.39, 0.29) is 18.9 Å². The predicted molar refractivity (Wildman–Crippen MR) is 100 cm³/mol. The van der Waals surface area contributed by atoms with Crippen molar-refractivity contribution in [2.45, 2.75) is 26.2 Å². The molecular formula is C20H21F2N3O4. The quantitative estimate of drug-likeness (QED) is 0.551. The minimum atomic E-state index is -2.64. The molecule has 3 aromatic rings. The summed E-state index contributed by atoms with van der Waals surface area (Å²) in [6, 6.07) is 3.33. The highest BCUT2D eigenvalue weighted by molar-refractivity contribution is 5.76. The van der Waals surface area contributed by atoms with Gasteiger partial charge in [0.2, 0.25) is 11.8 Å². The minimum Gasteiger partial charge on any atom is -0.491 e. The fourth-order valence-electron chi connectivity index (χ4n) is 2.70. The Hall–Kier alpha value is -2.97. The average Bonchev–Trinajstić information content (AvgIpc) is 3.11. The van der Waals surface area contributed by atoms with Crippen LogP contribution in [0.3, 0.4) is 0 Å².